The van der Waals surface area contributed by atoms with Gasteiger partial charge in [-0.15, -0.1) is 0 Å². The van der Waals surface area contributed by atoms with Crippen LogP contribution in [0.25, 0.3) is 0 Å². The van der Waals surface area contributed by atoms with Crippen molar-refractivity contribution in [1.82, 2.24) is 9.80 Å². The van der Waals surface area contributed by atoms with Gasteiger partial charge in [0.15, 0.2) is 20.1 Å². The van der Waals surface area contributed by atoms with Gasteiger partial charge in [0.05, 0.1) is 0 Å². The standard InChI is InChI=1S/C25H32N2O4Si/c1-18-11-13-20(14-12-18)17-27-22-24(29)26(16-19-9-7-6-8-10-19)21(23(27)28)15-25(22,30-2)31-32(3,4)5/h6-14,21-22H,15-17H2,1-5H3/t21-,22-,25+/m1/s1. The number of nitrogens with zero attached hydrogens (tertiary/aromatic N) is 2. The van der Waals surface area contributed by atoms with E-state index in [2.05, 4.69) is 19.6 Å². The molecule has 3 fully saturated rings. The van der Waals surface area contributed by atoms with E-state index in [1.54, 1.807) is 16.9 Å². The first-order chi connectivity index (χ1) is 15.1. The SMILES string of the molecule is CO[C@]1(O[Si](C)(C)C)C[C@@H]2C(=O)N(Cc3ccc(C)cc3)[C@@H]1C(=O)N2Cc1ccccc1. The molecule has 3 atom stereocenters. The molecule has 0 saturated carbocycles. The summed E-state index contributed by atoms with van der Waals surface area (Å²) in [6.45, 7) is 9.01. The van der Waals surface area contributed by atoms with E-state index in [1.165, 1.54) is 0 Å². The summed E-state index contributed by atoms with van der Waals surface area (Å²) in [7, 11) is -0.499. The summed E-state index contributed by atoms with van der Waals surface area (Å²) in [6, 6.07) is 16.4. The Hall–Kier alpha value is -2.48. The first kappa shape index (κ1) is 22.7. The molecule has 2 amide bonds. The average Bonchev–Trinajstić information content (AvgIpc) is 2.74. The van der Waals surface area contributed by atoms with Crippen LogP contribution in [0.15, 0.2) is 54.6 Å². The van der Waals surface area contributed by atoms with E-state index in [1.807, 2.05) is 61.5 Å². The van der Waals surface area contributed by atoms with Crippen molar-refractivity contribution >= 4 is 20.1 Å². The monoisotopic (exact) mass is 452 g/mol. The van der Waals surface area contributed by atoms with Crippen molar-refractivity contribution in [3.63, 3.8) is 0 Å². The van der Waals surface area contributed by atoms with Crippen LogP contribution < -0.4 is 0 Å². The third-order valence-electron chi connectivity index (χ3n) is 6.16. The van der Waals surface area contributed by atoms with Crippen LogP contribution >= 0.6 is 0 Å². The molecule has 6 nitrogen and oxygen atoms in total. The third-order valence-corrected chi connectivity index (χ3v) is 7.12. The van der Waals surface area contributed by atoms with Gasteiger partial charge in [-0.05, 0) is 37.7 Å². The molecule has 0 aromatic heterocycles. The van der Waals surface area contributed by atoms with E-state index in [0.717, 1.165) is 16.7 Å². The molecule has 7 heteroatoms. The van der Waals surface area contributed by atoms with Crippen molar-refractivity contribution in [3.8, 4) is 0 Å². The summed E-state index contributed by atoms with van der Waals surface area (Å²) in [6.07, 6.45) is 0.347. The molecule has 0 N–H and O–H groups in total. The van der Waals surface area contributed by atoms with Crippen molar-refractivity contribution in [1.29, 1.82) is 0 Å². The zero-order chi connectivity index (χ0) is 23.1. The molecule has 0 unspecified atom stereocenters. The number of benzene rings is 2. The van der Waals surface area contributed by atoms with Gasteiger partial charge in [-0.2, -0.15) is 0 Å². The molecule has 0 spiro atoms. The number of ether oxygens (including phenoxy) is 1. The number of rotatable bonds is 7. The lowest BCUT2D eigenvalue weighted by molar-refractivity contribution is -0.258. The van der Waals surface area contributed by atoms with Crippen LogP contribution in [0.1, 0.15) is 23.1 Å². The maximum atomic E-state index is 13.8. The molecule has 5 rings (SSSR count). The number of fused-ring (bicyclic) bond motifs is 3. The molecule has 2 bridgehead atoms. The van der Waals surface area contributed by atoms with Gasteiger partial charge in [-0.3, -0.25) is 9.59 Å². The number of carbonyl (C=O) groups is 2. The predicted molar refractivity (Wildman–Crippen MR) is 125 cm³/mol. The van der Waals surface area contributed by atoms with Crippen LogP contribution in [0, 0.1) is 6.92 Å². The molecule has 170 valence electrons. The van der Waals surface area contributed by atoms with Crippen LogP contribution in [0.3, 0.4) is 0 Å². The van der Waals surface area contributed by atoms with Crippen LogP contribution in [-0.2, 0) is 31.8 Å². The van der Waals surface area contributed by atoms with Crippen molar-refractivity contribution in [2.24, 2.45) is 0 Å². The molecule has 3 aliphatic rings. The summed E-state index contributed by atoms with van der Waals surface area (Å²) < 4.78 is 12.5. The van der Waals surface area contributed by atoms with E-state index < -0.39 is 26.2 Å². The fourth-order valence-corrected chi connectivity index (χ4v) is 6.10. The third kappa shape index (κ3) is 4.24. The van der Waals surface area contributed by atoms with E-state index in [-0.39, 0.29) is 11.8 Å². The maximum absolute atomic E-state index is 13.8. The number of hydrogen-bond donors (Lipinski definition) is 0. The molecule has 2 aromatic rings. The first-order valence-corrected chi connectivity index (χ1v) is 14.5. The van der Waals surface area contributed by atoms with Gasteiger partial charge in [0.25, 0.3) is 5.91 Å². The molecule has 32 heavy (non-hydrogen) atoms. The highest BCUT2D eigenvalue weighted by Gasteiger charge is 2.64. The lowest BCUT2D eigenvalue weighted by atomic mass is 9.83. The molecule has 0 aliphatic carbocycles. The van der Waals surface area contributed by atoms with Gasteiger partial charge in [-0.1, -0.05) is 60.2 Å². The largest absolute Gasteiger partial charge is 0.389 e. The van der Waals surface area contributed by atoms with E-state index in [4.69, 9.17) is 9.16 Å². The van der Waals surface area contributed by atoms with Gasteiger partial charge >= 0.3 is 0 Å². The van der Waals surface area contributed by atoms with Crippen LogP contribution in [-0.4, -0.2) is 54.9 Å². The van der Waals surface area contributed by atoms with Crippen LogP contribution in [0.4, 0.5) is 0 Å². The Labute approximate surface area is 191 Å². The Kier molecular flexibility index (Phi) is 6.00. The highest BCUT2D eigenvalue weighted by molar-refractivity contribution is 6.69. The number of carbonyl (C=O) groups excluding carboxylic acids is 2. The molecular weight excluding hydrogens is 420 g/mol. The van der Waals surface area contributed by atoms with Crippen molar-refractivity contribution < 1.29 is 18.8 Å². The Morgan fingerprint density at radius 2 is 1.50 bits per heavy atom. The summed E-state index contributed by atoms with van der Waals surface area (Å²) >= 11 is 0. The number of piperazine rings is 1. The fraction of sp³-hybridized carbons (Fsp3) is 0.440. The van der Waals surface area contributed by atoms with E-state index in [0.29, 0.717) is 19.5 Å². The minimum Gasteiger partial charge on any atom is -0.389 e. The van der Waals surface area contributed by atoms with Crippen LogP contribution in [0.2, 0.25) is 19.6 Å². The normalized spacial score (nSPS) is 25.5. The van der Waals surface area contributed by atoms with Gasteiger partial charge in [0.2, 0.25) is 5.91 Å². The molecule has 2 aromatic carbocycles. The topological polar surface area (TPSA) is 59.1 Å². The summed E-state index contributed by atoms with van der Waals surface area (Å²) in [5.74, 6) is -1.28. The van der Waals surface area contributed by atoms with Gasteiger partial charge in [-0.25, -0.2) is 0 Å². The number of hydrogen-bond acceptors (Lipinski definition) is 4. The van der Waals surface area contributed by atoms with Crippen LogP contribution in [0.5, 0.6) is 0 Å². The first-order valence-electron chi connectivity index (χ1n) is 11.1. The molecular formula is C25H32N2O4Si. The van der Waals surface area contributed by atoms with Gasteiger partial charge < -0.3 is 19.0 Å². The lowest BCUT2D eigenvalue weighted by Gasteiger charge is -2.58. The zero-order valence-electron chi connectivity index (χ0n) is 19.5. The van der Waals surface area contributed by atoms with Crippen molar-refractivity contribution in [2.45, 2.75) is 63.9 Å². The Morgan fingerprint density at radius 3 is 2.09 bits per heavy atom. The Balaban J connectivity index is 1.72. The second kappa shape index (κ2) is 8.46. The zero-order valence-corrected chi connectivity index (χ0v) is 20.5. The summed E-state index contributed by atoms with van der Waals surface area (Å²) in [5, 5.41) is 0. The van der Waals surface area contributed by atoms with E-state index in [9.17, 15) is 9.59 Å². The minimum atomic E-state index is -2.09. The second-order valence-corrected chi connectivity index (χ2v) is 14.2. The van der Waals surface area contributed by atoms with Gasteiger partial charge in [0.1, 0.15) is 6.04 Å². The highest BCUT2D eigenvalue weighted by Crippen LogP contribution is 2.43. The Bertz CT molecular complexity index is 989. The number of aryl methyl sites for hydroxylation is 1. The maximum Gasteiger partial charge on any atom is 0.251 e. The predicted octanol–water partition coefficient (Wildman–Crippen LogP) is 3.70. The molecule has 3 saturated heterocycles. The lowest BCUT2D eigenvalue weighted by Crippen LogP contribution is -2.78. The van der Waals surface area contributed by atoms with Crippen molar-refractivity contribution in [3.05, 3.63) is 71.3 Å². The fourth-order valence-electron chi connectivity index (χ4n) is 4.78. The average molecular weight is 453 g/mol. The highest BCUT2D eigenvalue weighted by atomic mass is 28.4. The number of piperidine rings is 2. The molecule has 0 radical (unpaired) electrons. The van der Waals surface area contributed by atoms with Gasteiger partial charge in [0, 0.05) is 26.6 Å². The smallest absolute Gasteiger partial charge is 0.251 e. The van der Waals surface area contributed by atoms with E-state index >= 15 is 0 Å². The summed E-state index contributed by atoms with van der Waals surface area (Å²) in [4.78, 5) is 30.8. The minimum absolute atomic E-state index is 0.0436. The van der Waals surface area contributed by atoms with Crippen molar-refractivity contribution in [2.75, 3.05) is 7.11 Å². The second-order valence-electron chi connectivity index (χ2n) is 9.76. The quantitative estimate of drug-likeness (QED) is 0.475. The summed E-state index contributed by atoms with van der Waals surface area (Å²) in [5.41, 5.74) is 3.14. The number of methoxy groups -OCH3 is 1. The number of amides is 2. The molecule has 3 heterocycles. The molecule has 3 aliphatic heterocycles. The Morgan fingerprint density at radius 1 is 0.906 bits per heavy atom.